The van der Waals surface area contributed by atoms with Crippen LogP contribution in [0.1, 0.15) is 55.5 Å². The van der Waals surface area contributed by atoms with Crippen LogP contribution in [0.3, 0.4) is 0 Å². The molecule has 3 aromatic carbocycles. The van der Waals surface area contributed by atoms with Gasteiger partial charge in [0.05, 0.1) is 31.4 Å². The zero-order valence-electron chi connectivity index (χ0n) is 23.1. The minimum Gasteiger partial charge on any atom is -0.507 e. The van der Waals surface area contributed by atoms with Gasteiger partial charge in [-0.15, -0.1) is 0 Å². The number of carbonyl (C=O) groups is 2. The van der Waals surface area contributed by atoms with Gasteiger partial charge in [0.25, 0.3) is 11.7 Å². The lowest BCUT2D eigenvalue weighted by atomic mass is 9.94. The fourth-order valence-electron chi connectivity index (χ4n) is 4.68. The van der Waals surface area contributed by atoms with Crippen LogP contribution in [0.25, 0.3) is 5.76 Å². The van der Waals surface area contributed by atoms with Gasteiger partial charge in [0, 0.05) is 12.1 Å². The Morgan fingerprint density at radius 1 is 1.00 bits per heavy atom. The molecule has 1 amide bonds. The Bertz CT molecular complexity index is 1380. The van der Waals surface area contributed by atoms with Crippen molar-refractivity contribution in [2.45, 2.75) is 52.8 Å². The molecule has 0 radical (unpaired) electrons. The largest absolute Gasteiger partial charge is 0.507 e. The van der Waals surface area contributed by atoms with Crippen molar-refractivity contribution in [2.75, 3.05) is 13.7 Å². The van der Waals surface area contributed by atoms with E-state index in [1.807, 2.05) is 76.2 Å². The summed E-state index contributed by atoms with van der Waals surface area (Å²) in [4.78, 5) is 28.3. The third-order valence-corrected chi connectivity index (χ3v) is 6.50. The number of hydrogen-bond acceptors (Lipinski definition) is 6. The first-order valence-corrected chi connectivity index (χ1v) is 13.1. The molecular formula is C32H35NO6. The summed E-state index contributed by atoms with van der Waals surface area (Å²) in [5.41, 5.74) is 2.80. The van der Waals surface area contributed by atoms with Gasteiger partial charge in [0.15, 0.2) is 0 Å². The van der Waals surface area contributed by atoms with E-state index in [0.717, 1.165) is 17.5 Å². The van der Waals surface area contributed by atoms with Gasteiger partial charge in [-0.25, -0.2) is 0 Å². The van der Waals surface area contributed by atoms with E-state index in [1.165, 1.54) is 4.90 Å². The number of rotatable bonds is 10. The number of benzene rings is 3. The standard InChI is InChI=1S/C32H35NO6/c1-6-16-38-27-15-12-24(17-21(27)4)30(34)28-29(23-10-13-25(14-11-23)39-20(2)3)33(32(36)31(28)35)19-22-8-7-9-26(18-22)37-5/h7-15,17-18,20,29,34H,6,16,19H2,1-5H3/b30-28-. The molecule has 1 heterocycles. The first kappa shape index (κ1) is 27.8. The number of nitrogens with zero attached hydrogens (tertiary/aromatic N) is 1. The number of carbonyl (C=O) groups excluding carboxylic acids is 2. The van der Waals surface area contributed by atoms with Crippen molar-refractivity contribution in [2.24, 2.45) is 0 Å². The molecule has 3 aromatic rings. The van der Waals surface area contributed by atoms with Gasteiger partial charge in [0.2, 0.25) is 0 Å². The molecule has 7 heteroatoms. The Kier molecular flexibility index (Phi) is 8.59. The minimum absolute atomic E-state index is 0.00191. The molecule has 0 bridgehead atoms. The minimum atomic E-state index is -0.791. The van der Waals surface area contributed by atoms with Crippen molar-refractivity contribution < 1.29 is 28.9 Å². The number of aryl methyl sites for hydroxylation is 1. The van der Waals surface area contributed by atoms with E-state index in [9.17, 15) is 14.7 Å². The van der Waals surface area contributed by atoms with Crippen LogP contribution in [0.4, 0.5) is 0 Å². The van der Waals surface area contributed by atoms with Crippen LogP contribution in [0, 0.1) is 6.92 Å². The van der Waals surface area contributed by atoms with Crippen molar-refractivity contribution in [1.82, 2.24) is 4.90 Å². The van der Waals surface area contributed by atoms with Crippen LogP contribution < -0.4 is 14.2 Å². The van der Waals surface area contributed by atoms with Crippen molar-refractivity contribution in [3.05, 3.63) is 94.6 Å². The number of ether oxygens (including phenoxy) is 3. The summed E-state index contributed by atoms with van der Waals surface area (Å²) < 4.78 is 16.9. The maximum atomic E-state index is 13.5. The third-order valence-electron chi connectivity index (χ3n) is 6.50. The second-order valence-corrected chi connectivity index (χ2v) is 9.84. The molecule has 1 aliphatic heterocycles. The number of Topliss-reactive ketones (excluding diaryl/α,β-unsaturated/α-hetero) is 1. The van der Waals surface area contributed by atoms with Gasteiger partial charge < -0.3 is 24.2 Å². The predicted molar refractivity (Wildman–Crippen MR) is 150 cm³/mol. The normalized spacial score (nSPS) is 16.6. The molecule has 39 heavy (non-hydrogen) atoms. The van der Waals surface area contributed by atoms with Crippen molar-refractivity contribution >= 4 is 17.4 Å². The van der Waals surface area contributed by atoms with Gasteiger partial charge in [-0.1, -0.05) is 31.2 Å². The van der Waals surface area contributed by atoms with Gasteiger partial charge in [-0.3, -0.25) is 9.59 Å². The van der Waals surface area contributed by atoms with E-state index in [0.29, 0.717) is 35.0 Å². The molecule has 0 spiro atoms. The number of hydrogen-bond donors (Lipinski definition) is 1. The average molecular weight is 530 g/mol. The number of aliphatic hydroxyl groups is 1. The summed E-state index contributed by atoms with van der Waals surface area (Å²) in [7, 11) is 1.58. The topological polar surface area (TPSA) is 85.3 Å². The predicted octanol–water partition coefficient (Wildman–Crippen LogP) is 6.20. The molecule has 1 fully saturated rings. The van der Waals surface area contributed by atoms with Crippen LogP contribution in [0.5, 0.6) is 17.2 Å². The van der Waals surface area contributed by atoms with E-state index >= 15 is 0 Å². The molecule has 0 aliphatic carbocycles. The van der Waals surface area contributed by atoms with Gasteiger partial charge in [0.1, 0.15) is 23.0 Å². The van der Waals surface area contributed by atoms with Crippen LogP contribution in [0.2, 0.25) is 0 Å². The van der Waals surface area contributed by atoms with Crippen LogP contribution >= 0.6 is 0 Å². The summed E-state index contributed by atoms with van der Waals surface area (Å²) >= 11 is 0. The molecule has 0 saturated carbocycles. The van der Waals surface area contributed by atoms with E-state index in [-0.39, 0.29) is 24.0 Å². The summed E-state index contributed by atoms with van der Waals surface area (Å²) in [5, 5.41) is 11.5. The van der Waals surface area contributed by atoms with Crippen LogP contribution in [-0.2, 0) is 16.1 Å². The van der Waals surface area contributed by atoms with Crippen molar-refractivity contribution in [1.29, 1.82) is 0 Å². The Morgan fingerprint density at radius 3 is 2.38 bits per heavy atom. The molecular weight excluding hydrogens is 494 g/mol. The van der Waals surface area contributed by atoms with Crippen LogP contribution in [0.15, 0.2) is 72.3 Å². The molecule has 1 aliphatic rings. The Morgan fingerprint density at radius 2 is 1.74 bits per heavy atom. The highest BCUT2D eigenvalue weighted by Crippen LogP contribution is 2.41. The zero-order valence-corrected chi connectivity index (χ0v) is 23.1. The molecule has 1 N–H and O–H groups in total. The maximum Gasteiger partial charge on any atom is 0.295 e. The second kappa shape index (κ2) is 12.1. The highest BCUT2D eigenvalue weighted by atomic mass is 16.5. The smallest absolute Gasteiger partial charge is 0.295 e. The molecule has 1 atom stereocenters. The average Bonchev–Trinajstić information content (AvgIpc) is 3.17. The van der Waals surface area contributed by atoms with Crippen molar-refractivity contribution in [3.63, 3.8) is 0 Å². The second-order valence-electron chi connectivity index (χ2n) is 9.84. The molecule has 1 saturated heterocycles. The fraction of sp³-hybridized carbons (Fsp3) is 0.312. The van der Waals surface area contributed by atoms with E-state index < -0.39 is 17.7 Å². The Labute approximate surface area is 229 Å². The lowest BCUT2D eigenvalue weighted by molar-refractivity contribution is -0.140. The number of ketones is 1. The first-order valence-electron chi connectivity index (χ1n) is 13.1. The molecule has 7 nitrogen and oxygen atoms in total. The van der Waals surface area contributed by atoms with E-state index in [1.54, 1.807) is 25.3 Å². The number of likely N-dealkylation sites (tertiary alicyclic amines) is 1. The summed E-state index contributed by atoms with van der Waals surface area (Å²) in [6, 6.07) is 19.1. The lowest BCUT2D eigenvalue weighted by Crippen LogP contribution is -2.29. The molecule has 1 unspecified atom stereocenters. The fourth-order valence-corrected chi connectivity index (χ4v) is 4.68. The van der Waals surface area contributed by atoms with Gasteiger partial charge >= 0.3 is 0 Å². The quantitative estimate of drug-likeness (QED) is 0.191. The highest BCUT2D eigenvalue weighted by molar-refractivity contribution is 6.46. The van der Waals surface area contributed by atoms with Gasteiger partial charge in [-0.2, -0.15) is 0 Å². The first-order chi connectivity index (χ1) is 18.7. The zero-order chi connectivity index (χ0) is 28.1. The van der Waals surface area contributed by atoms with Crippen molar-refractivity contribution in [3.8, 4) is 17.2 Å². The van der Waals surface area contributed by atoms with E-state index in [2.05, 4.69) is 0 Å². The Balaban J connectivity index is 1.80. The molecule has 4 rings (SSSR count). The van der Waals surface area contributed by atoms with Gasteiger partial charge in [-0.05, 0) is 86.3 Å². The number of amides is 1. The monoisotopic (exact) mass is 529 g/mol. The lowest BCUT2D eigenvalue weighted by Gasteiger charge is -2.26. The SMILES string of the molecule is CCCOc1ccc(/C(O)=C2/C(=O)C(=O)N(Cc3cccc(OC)c3)C2c2ccc(OC(C)C)cc2)cc1C. The number of aliphatic hydroxyl groups excluding tert-OH is 1. The summed E-state index contributed by atoms with van der Waals surface area (Å²) in [5.74, 6) is 0.412. The maximum absolute atomic E-state index is 13.5. The highest BCUT2D eigenvalue weighted by Gasteiger charge is 2.46. The molecule has 204 valence electrons. The van der Waals surface area contributed by atoms with Crippen LogP contribution in [-0.4, -0.2) is 41.5 Å². The Hall–Kier alpha value is -4.26. The molecule has 0 aromatic heterocycles. The summed E-state index contributed by atoms with van der Waals surface area (Å²) in [6.45, 7) is 8.54. The summed E-state index contributed by atoms with van der Waals surface area (Å²) in [6.07, 6.45) is 0.876. The third kappa shape index (κ3) is 6.08. The van der Waals surface area contributed by atoms with E-state index in [4.69, 9.17) is 14.2 Å². The number of methoxy groups -OCH3 is 1.